The molecule has 144 valence electrons. The summed E-state index contributed by atoms with van der Waals surface area (Å²) in [5.41, 5.74) is -1.78. The Morgan fingerprint density at radius 1 is 1.12 bits per heavy atom. The molecule has 0 aliphatic rings. The van der Waals surface area contributed by atoms with E-state index in [2.05, 4.69) is 10.1 Å². The molecule has 1 aromatic carbocycles. The Balaban J connectivity index is 2.87. The third-order valence-electron chi connectivity index (χ3n) is 3.08. The lowest BCUT2D eigenvalue weighted by Crippen LogP contribution is -2.42. The van der Waals surface area contributed by atoms with Crippen LogP contribution in [-0.4, -0.2) is 36.6 Å². The van der Waals surface area contributed by atoms with Crippen molar-refractivity contribution in [3.05, 3.63) is 35.1 Å². The molecule has 0 aliphatic heterocycles. The fourth-order valence-electron chi connectivity index (χ4n) is 2.04. The summed E-state index contributed by atoms with van der Waals surface area (Å²) in [6.07, 6.45) is -0.455. The first-order valence-corrected chi connectivity index (χ1v) is 7.69. The van der Waals surface area contributed by atoms with E-state index in [4.69, 9.17) is 4.74 Å². The Bertz CT molecular complexity index is 677. The minimum Gasteiger partial charge on any atom is -0.467 e. The van der Waals surface area contributed by atoms with Crippen LogP contribution in [0, 0.1) is 17.5 Å². The summed E-state index contributed by atoms with van der Waals surface area (Å²) in [5, 5.41) is 2.08. The van der Waals surface area contributed by atoms with Gasteiger partial charge in [-0.1, -0.05) is 0 Å². The van der Waals surface area contributed by atoms with Crippen molar-refractivity contribution in [3.8, 4) is 0 Å². The normalized spacial score (nSPS) is 12.3. The smallest absolute Gasteiger partial charge is 0.328 e. The van der Waals surface area contributed by atoms with E-state index in [1.165, 1.54) is 0 Å². The topological polar surface area (TPSA) is 81.7 Å². The molecular formula is C17H20F3NO5. The lowest BCUT2D eigenvalue weighted by atomic mass is 10.1. The number of carbonyl (C=O) groups excluding carboxylic acids is 3. The summed E-state index contributed by atoms with van der Waals surface area (Å²) in [7, 11) is 1.05. The first-order chi connectivity index (χ1) is 11.9. The maximum absolute atomic E-state index is 13.7. The number of methoxy groups -OCH3 is 1. The number of hydrogen-bond donors (Lipinski definition) is 1. The molecule has 0 saturated carbocycles. The van der Waals surface area contributed by atoms with Crippen LogP contribution in [0.25, 0.3) is 0 Å². The van der Waals surface area contributed by atoms with E-state index in [1.54, 1.807) is 20.8 Å². The van der Waals surface area contributed by atoms with E-state index >= 15 is 0 Å². The fourth-order valence-corrected chi connectivity index (χ4v) is 2.04. The van der Waals surface area contributed by atoms with Crippen LogP contribution in [0.5, 0.6) is 0 Å². The minimum absolute atomic E-state index is 0.211. The van der Waals surface area contributed by atoms with Crippen molar-refractivity contribution in [1.29, 1.82) is 0 Å². The summed E-state index contributed by atoms with van der Waals surface area (Å²) in [4.78, 5) is 35.6. The van der Waals surface area contributed by atoms with Gasteiger partial charge < -0.3 is 14.8 Å². The molecule has 0 saturated heterocycles. The standard InChI is InChI=1S/C17H20F3NO5/c1-17(2,3)26-13(22)6-5-12(16(24)25-4)21-15(23)14-10(19)7-9(18)8-11(14)20/h7-8,12H,5-6H2,1-4H3,(H,21,23)/t12-/m0/s1. The predicted molar refractivity (Wildman–Crippen MR) is 84.7 cm³/mol. The zero-order valence-electron chi connectivity index (χ0n) is 14.8. The van der Waals surface area contributed by atoms with Crippen molar-refractivity contribution in [1.82, 2.24) is 5.32 Å². The summed E-state index contributed by atoms with van der Waals surface area (Å²) < 4.78 is 49.8. The van der Waals surface area contributed by atoms with Crippen molar-refractivity contribution in [2.45, 2.75) is 45.3 Å². The molecule has 1 aromatic rings. The molecule has 0 bridgehead atoms. The SMILES string of the molecule is COC(=O)[C@H](CCC(=O)OC(C)(C)C)NC(=O)c1c(F)cc(F)cc1F. The van der Waals surface area contributed by atoms with Crippen LogP contribution >= 0.6 is 0 Å². The van der Waals surface area contributed by atoms with Gasteiger partial charge in [0.05, 0.1) is 7.11 Å². The second-order valence-corrected chi connectivity index (χ2v) is 6.42. The van der Waals surface area contributed by atoms with Gasteiger partial charge in [-0.25, -0.2) is 18.0 Å². The number of esters is 2. The Labute approximate surface area is 148 Å². The van der Waals surface area contributed by atoms with Gasteiger partial charge in [-0.3, -0.25) is 9.59 Å². The third-order valence-corrected chi connectivity index (χ3v) is 3.08. The van der Waals surface area contributed by atoms with Crippen LogP contribution in [-0.2, 0) is 19.1 Å². The number of rotatable bonds is 6. The highest BCUT2D eigenvalue weighted by molar-refractivity contribution is 5.97. The first kappa shape index (κ1) is 21.5. The number of ether oxygens (including phenoxy) is 2. The van der Waals surface area contributed by atoms with Crippen molar-refractivity contribution in [2.24, 2.45) is 0 Å². The van der Waals surface area contributed by atoms with Crippen LogP contribution < -0.4 is 5.32 Å². The number of halogens is 3. The number of nitrogens with one attached hydrogen (secondary N) is 1. The molecular weight excluding hydrogens is 355 g/mol. The molecule has 0 fully saturated rings. The molecule has 1 N–H and O–H groups in total. The summed E-state index contributed by atoms with van der Waals surface area (Å²) >= 11 is 0. The Morgan fingerprint density at radius 3 is 2.12 bits per heavy atom. The molecule has 0 aromatic heterocycles. The molecule has 1 atom stereocenters. The maximum Gasteiger partial charge on any atom is 0.328 e. The van der Waals surface area contributed by atoms with Gasteiger partial charge in [-0.2, -0.15) is 0 Å². The average Bonchev–Trinajstić information content (AvgIpc) is 2.47. The van der Waals surface area contributed by atoms with Gasteiger partial charge in [0.25, 0.3) is 5.91 Å². The molecule has 0 unspecified atom stereocenters. The van der Waals surface area contributed by atoms with Gasteiger partial charge in [-0.15, -0.1) is 0 Å². The highest BCUT2D eigenvalue weighted by Gasteiger charge is 2.27. The van der Waals surface area contributed by atoms with Crippen molar-refractivity contribution < 1.29 is 37.0 Å². The quantitative estimate of drug-likeness (QED) is 0.773. The van der Waals surface area contributed by atoms with E-state index in [9.17, 15) is 27.6 Å². The largest absolute Gasteiger partial charge is 0.467 e. The van der Waals surface area contributed by atoms with Gasteiger partial charge in [0.15, 0.2) is 0 Å². The van der Waals surface area contributed by atoms with Gasteiger partial charge >= 0.3 is 11.9 Å². The molecule has 0 spiro atoms. The minimum atomic E-state index is -1.42. The van der Waals surface area contributed by atoms with Gasteiger partial charge in [0.2, 0.25) is 0 Å². The highest BCUT2D eigenvalue weighted by atomic mass is 19.1. The number of amides is 1. The molecule has 0 heterocycles. The number of benzene rings is 1. The zero-order valence-corrected chi connectivity index (χ0v) is 14.8. The monoisotopic (exact) mass is 375 g/mol. The average molecular weight is 375 g/mol. The molecule has 9 heteroatoms. The maximum atomic E-state index is 13.7. The summed E-state index contributed by atoms with van der Waals surface area (Å²) in [6, 6.07) is -0.665. The van der Waals surface area contributed by atoms with Crippen LogP contribution in [0.4, 0.5) is 13.2 Å². The Morgan fingerprint density at radius 2 is 1.65 bits per heavy atom. The van der Waals surface area contributed by atoms with E-state index < -0.39 is 52.5 Å². The van der Waals surface area contributed by atoms with E-state index in [1.807, 2.05) is 0 Å². The second kappa shape index (κ2) is 8.68. The van der Waals surface area contributed by atoms with Crippen molar-refractivity contribution in [2.75, 3.05) is 7.11 Å². The fraction of sp³-hybridized carbons (Fsp3) is 0.471. The van der Waals surface area contributed by atoms with Crippen molar-refractivity contribution >= 4 is 17.8 Å². The van der Waals surface area contributed by atoms with Crippen LogP contribution in [0.15, 0.2) is 12.1 Å². The number of hydrogen-bond acceptors (Lipinski definition) is 5. The van der Waals surface area contributed by atoms with E-state index in [0.717, 1.165) is 7.11 Å². The molecule has 0 radical (unpaired) electrons. The van der Waals surface area contributed by atoms with Crippen LogP contribution in [0.3, 0.4) is 0 Å². The van der Waals surface area contributed by atoms with Gasteiger partial charge in [0.1, 0.15) is 34.7 Å². The molecule has 1 rings (SSSR count). The summed E-state index contributed by atoms with van der Waals surface area (Å²) in [5.74, 6) is -6.85. The Hall–Kier alpha value is -2.58. The van der Waals surface area contributed by atoms with Crippen molar-refractivity contribution in [3.63, 3.8) is 0 Å². The van der Waals surface area contributed by atoms with E-state index in [0.29, 0.717) is 12.1 Å². The molecule has 26 heavy (non-hydrogen) atoms. The van der Waals surface area contributed by atoms with Crippen LogP contribution in [0.1, 0.15) is 44.0 Å². The van der Waals surface area contributed by atoms with Gasteiger partial charge in [-0.05, 0) is 27.2 Å². The lowest BCUT2D eigenvalue weighted by Gasteiger charge is -2.21. The Kier molecular flexibility index (Phi) is 7.17. The molecule has 0 aliphatic carbocycles. The number of carbonyl (C=O) groups is 3. The predicted octanol–water partition coefficient (Wildman–Crippen LogP) is 2.50. The van der Waals surface area contributed by atoms with Crippen LogP contribution in [0.2, 0.25) is 0 Å². The highest BCUT2D eigenvalue weighted by Crippen LogP contribution is 2.16. The summed E-state index contributed by atoms with van der Waals surface area (Å²) in [6.45, 7) is 4.97. The first-order valence-electron chi connectivity index (χ1n) is 7.69. The lowest BCUT2D eigenvalue weighted by molar-refractivity contribution is -0.155. The third kappa shape index (κ3) is 6.38. The molecule has 1 amide bonds. The molecule has 6 nitrogen and oxygen atoms in total. The van der Waals surface area contributed by atoms with Gasteiger partial charge in [0, 0.05) is 18.6 Å². The zero-order chi connectivity index (χ0) is 20.1. The van der Waals surface area contributed by atoms with E-state index in [-0.39, 0.29) is 12.8 Å². The second-order valence-electron chi connectivity index (χ2n) is 6.42.